The first-order valence-corrected chi connectivity index (χ1v) is 7.06. The van der Waals surface area contributed by atoms with Crippen LogP contribution in [0.25, 0.3) is 0 Å². The van der Waals surface area contributed by atoms with Crippen molar-refractivity contribution in [1.29, 1.82) is 0 Å². The molecule has 4 unspecified atom stereocenters. The molecule has 2 rings (SSSR count). The average Bonchev–Trinajstić information content (AvgIpc) is 2.45. The van der Waals surface area contributed by atoms with E-state index in [9.17, 15) is 9.59 Å². The molecule has 114 valence electrons. The smallest absolute Gasteiger partial charge is 0.328 e. The van der Waals surface area contributed by atoms with Crippen LogP contribution < -0.4 is 11.1 Å². The molecule has 1 amide bonds. The summed E-state index contributed by atoms with van der Waals surface area (Å²) < 4.78 is 10.4. The van der Waals surface area contributed by atoms with E-state index in [1.165, 1.54) is 7.11 Å². The van der Waals surface area contributed by atoms with Crippen molar-refractivity contribution in [3.63, 3.8) is 0 Å². The van der Waals surface area contributed by atoms with E-state index in [2.05, 4.69) is 10.1 Å². The molecule has 1 aliphatic carbocycles. The molecule has 1 saturated carbocycles. The minimum atomic E-state index is -1.000. The van der Waals surface area contributed by atoms with Crippen molar-refractivity contribution in [2.24, 2.45) is 17.1 Å². The molecule has 2 aliphatic rings. The molecule has 3 N–H and O–H groups in total. The van der Waals surface area contributed by atoms with E-state index in [4.69, 9.17) is 10.5 Å². The topological polar surface area (TPSA) is 90.7 Å². The Kier molecular flexibility index (Phi) is 3.81. The standard InChI is InChI=1S/C14H24N2O4/c1-8(11(17)19-4)16-12(18)14(15)9-6-5-7-20-10(9)13(14,2)3/h8-10H,5-7,15H2,1-4H3,(H,16,18). The fourth-order valence-corrected chi connectivity index (χ4v) is 3.59. The van der Waals surface area contributed by atoms with Crippen LogP contribution in [0.15, 0.2) is 0 Å². The van der Waals surface area contributed by atoms with Crippen LogP contribution in [0.2, 0.25) is 0 Å². The van der Waals surface area contributed by atoms with Crippen LogP contribution in [0.5, 0.6) is 0 Å². The fourth-order valence-electron chi connectivity index (χ4n) is 3.59. The molecule has 0 aromatic carbocycles. The lowest BCUT2D eigenvalue weighted by Crippen LogP contribution is -2.82. The molecule has 6 heteroatoms. The molecule has 1 saturated heterocycles. The summed E-state index contributed by atoms with van der Waals surface area (Å²) in [5.41, 5.74) is 4.98. The molecule has 0 aromatic heterocycles. The lowest BCUT2D eigenvalue weighted by molar-refractivity contribution is -0.225. The zero-order chi connectivity index (χ0) is 15.1. The van der Waals surface area contributed by atoms with Crippen molar-refractivity contribution < 1.29 is 19.1 Å². The van der Waals surface area contributed by atoms with Gasteiger partial charge in [0, 0.05) is 17.9 Å². The molecule has 20 heavy (non-hydrogen) atoms. The Morgan fingerprint density at radius 3 is 2.70 bits per heavy atom. The highest BCUT2D eigenvalue weighted by Crippen LogP contribution is 2.57. The minimum absolute atomic E-state index is 0.0103. The van der Waals surface area contributed by atoms with Crippen LogP contribution in [-0.2, 0) is 19.1 Å². The number of carbonyl (C=O) groups is 2. The molecule has 0 aromatic rings. The molecule has 0 radical (unpaired) electrons. The van der Waals surface area contributed by atoms with Gasteiger partial charge in [0.1, 0.15) is 11.6 Å². The average molecular weight is 284 g/mol. The third-order valence-electron chi connectivity index (χ3n) is 4.96. The van der Waals surface area contributed by atoms with Crippen LogP contribution in [0.1, 0.15) is 33.6 Å². The van der Waals surface area contributed by atoms with Crippen LogP contribution in [0.3, 0.4) is 0 Å². The number of rotatable bonds is 3. The monoisotopic (exact) mass is 284 g/mol. The highest BCUT2D eigenvalue weighted by atomic mass is 16.5. The minimum Gasteiger partial charge on any atom is -0.467 e. The second-order valence-corrected chi connectivity index (χ2v) is 6.35. The van der Waals surface area contributed by atoms with Crippen molar-refractivity contribution >= 4 is 11.9 Å². The number of carbonyl (C=O) groups excluding carboxylic acids is 2. The number of ether oxygens (including phenoxy) is 2. The molecule has 4 atom stereocenters. The van der Waals surface area contributed by atoms with Gasteiger partial charge in [-0.25, -0.2) is 4.79 Å². The van der Waals surface area contributed by atoms with E-state index in [0.717, 1.165) is 19.4 Å². The third kappa shape index (κ3) is 1.93. The Labute approximate surface area is 119 Å². The molecule has 1 heterocycles. The highest BCUT2D eigenvalue weighted by molar-refractivity contribution is 5.92. The van der Waals surface area contributed by atoms with E-state index < -0.39 is 23.0 Å². The van der Waals surface area contributed by atoms with Gasteiger partial charge in [0.25, 0.3) is 0 Å². The second-order valence-electron chi connectivity index (χ2n) is 6.35. The molecular weight excluding hydrogens is 260 g/mol. The van der Waals surface area contributed by atoms with Gasteiger partial charge in [-0.05, 0) is 19.8 Å². The summed E-state index contributed by atoms with van der Waals surface area (Å²) in [6.45, 7) is 6.21. The SMILES string of the molecule is COC(=O)C(C)NC(=O)C1(N)C2CCCOC2C1(C)C. The Hall–Kier alpha value is -1.14. The van der Waals surface area contributed by atoms with Crippen molar-refractivity contribution in [2.45, 2.75) is 51.3 Å². The maximum absolute atomic E-state index is 12.5. The number of methoxy groups -OCH3 is 1. The van der Waals surface area contributed by atoms with Crippen molar-refractivity contribution in [1.82, 2.24) is 5.32 Å². The first-order chi connectivity index (χ1) is 9.26. The van der Waals surface area contributed by atoms with Crippen molar-refractivity contribution in [3.05, 3.63) is 0 Å². The van der Waals surface area contributed by atoms with Gasteiger partial charge in [0.15, 0.2) is 0 Å². The first kappa shape index (κ1) is 15.3. The molecule has 0 spiro atoms. The van der Waals surface area contributed by atoms with Gasteiger partial charge in [-0.1, -0.05) is 13.8 Å². The van der Waals surface area contributed by atoms with Gasteiger partial charge in [0.05, 0.1) is 13.2 Å². The number of nitrogens with one attached hydrogen (secondary N) is 1. The lowest BCUT2D eigenvalue weighted by atomic mass is 9.46. The van der Waals surface area contributed by atoms with Gasteiger partial charge in [-0.2, -0.15) is 0 Å². The molecule has 1 aliphatic heterocycles. The Balaban J connectivity index is 2.13. The summed E-state index contributed by atoms with van der Waals surface area (Å²) in [5, 5.41) is 2.67. The Bertz CT molecular complexity index is 423. The molecule has 0 bridgehead atoms. The number of hydrogen-bond acceptors (Lipinski definition) is 5. The maximum atomic E-state index is 12.5. The van der Waals surface area contributed by atoms with Gasteiger partial charge < -0.3 is 20.5 Å². The van der Waals surface area contributed by atoms with E-state index in [1.54, 1.807) is 6.92 Å². The lowest BCUT2D eigenvalue weighted by Gasteiger charge is -2.65. The van der Waals surface area contributed by atoms with Crippen molar-refractivity contribution in [3.8, 4) is 0 Å². The van der Waals surface area contributed by atoms with Gasteiger partial charge in [0.2, 0.25) is 5.91 Å². The van der Waals surface area contributed by atoms with Crippen LogP contribution in [0.4, 0.5) is 0 Å². The van der Waals surface area contributed by atoms with E-state index >= 15 is 0 Å². The van der Waals surface area contributed by atoms with E-state index in [-0.39, 0.29) is 17.9 Å². The molecule has 2 fully saturated rings. The second kappa shape index (κ2) is 5.00. The van der Waals surface area contributed by atoms with Crippen LogP contribution in [0, 0.1) is 11.3 Å². The largest absolute Gasteiger partial charge is 0.467 e. The highest BCUT2D eigenvalue weighted by Gasteiger charge is 2.70. The Morgan fingerprint density at radius 2 is 2.10 bits per heavy atom. The number of amides is 1. The zero-order valence-electron chi connectivity index (χ0n) is 12.6. The molecular formula is C14H24N2O4. The number of nitrogens with two attached hydrogens (primary N) is 1. The third-order valence-corrected chi connectivity index (χ3v) is 4.96. The quantitative estimate of drug-likeness (QED) is 0.722. The first-order valence-electron chi connectivity index (χ1n) is 7.06. The van der Waals surface area contributed by atoms with Gasteiger partial charge >= 0.3 is 5.97 Å². The summed E-state index contributed by atoms with van der Waals surface area (Å²) >= 11 is 0. The predicted octanol–water partition coefficient (Wildman–Crippen LogP) is 0.197. The van der Waals surface area contributed by atoms with Crippen LogP contribution in [-0.4, -0.2) is 43.3 Å². The van der Waals surface area contributed by atoms with E-state index in [1.807, 2.05) is 13.8 Å². The summed E-state index contributed by atoms with van der Waals surface area (Å²) in [6, 6.07) is -0.702. The summed E-state index contributed by atoms with van der Waals surface area (Å²) in [6.07, 6.45) is 1.81. The van der Waals surface area contributed by atoms with E-state index in [0.29, 0.717) is 0 Å². The normalized spacial score (nSPS) is 36.2. The number of fused-ring (bicyclic) bond motifs is 1. The predicted molar refractivity (Wildman–Crippen MR) is 72.8 cm³/mol. The zero-order valence-corrected chi connectivity index (χ0v) is 12.6. The number of esters is 1. The molecule has 6 nitrogen and oxygen atoms in total. The van der Waals surface area contributed by atoms with Gasteiger partial charge in [-0.3, -0.25) is 4.79 Å². The summed E-state index contributed by atoms with van der Waals surface area (Å²) in [7, 11) is 1.29. The number of hydrogen-bond donors (Lipinski definition) is 2. The maximum Gasteiger partial charge on any atom is 0.328 e. The van der Waals surface area contributed by atoms with Gasteiger partial charge in [-0.15, -0.1) is 0 Å². The Morgan fingerprint density at radius 1 is 1.45 bits per heavy atom. The van der Waals surface area contributed by atoms with Crippen LogP contribution >= 0.6 is 0 Å². The summed E-state index contributed by atoms with van der Waals surface area (Å²) in [5.74, 6) is -0.765. The summed E-state index contributed by atoms with van der Waals surface area (Å²) in [4.78, 5) is 24.0. The van der Waals surface area contributed by atoms with Crippen molar-refractivity contribution in [2.75, 3.05) is 13.7 Å². The fraction of sp³-hybridized carbons (Fsp3) is 0.857.